The third kappa shape index (κ3) is 5.12. The first-order valence-electron chi connectivity index (χ1n) is 9.54. The van der Waals surface area contributed by atoms with E-state index in [0.717, 1.165) is 12.1 Å². The Morgan fingerprint density at radius 1 is 1.09 bits per heavy atom. The molecule has 0 saturated carbocycles. The highest BCUT2D eigenvalue weighted by Gasteiger charge is 2.34. The van der Waals surface area contributed by atoms with Gasteiger partial charge in [0.1, 0.15) is 11.4 Å². The Hall–Kier alpha value is -4.33. The number of benzene rings is 2. The van der Waals surface area contributed by atoms with Crippen LogP contribution in [0.3, 0.4) is 0 Å². The number of halogens is 3. The van der Waals surface area contributed by atoms with Crippen LogP contribution in [0.4, 0.5) is 13.2 Å². The zero-order chi connectivity index (χ0) is 24.3. The van der Waals surface area contributed by atoms with Gasteiger partial charge in [-0.25, -0.2) is 4.68 Å². The van der Waals surface area contributed by atoms with Gasteiger partial charge in [-0.15, -0.1) is 0 Å². The average molecular weight is 457 g/mol. The van der Waals surface area contributed by atoms with Gasteiger partial charge >= 0.3 is 6.18 Å². The molecule has 1 heterocycles. The van der Waals surface area contributed by atoms with Gasteiger partial charge in [-0.3, -0.25) is 20.4 Å². The van der Waals surface area contributed by atoms with Gasteiger partial charge in [0.05, 0.1) is 28.6 Å². The number of hydrogen-bond donors (Lipinski definition) is 2. The first-order chi connectivity index (χ1) is 15.5. The lowest BCUT2D eigenvalue weighted by atomic mass is 10.1. The Morgan fingerprint density at radius 2 is 1.76 bits per heavy atom. The van der Waals surface area contributed by atoms with Crippen LogP contribution in [-0.2, 0) is 11.0 Å². The molecule has 0 aliphatic carbocycles. The van der Waals surface area contributed by atoms with Crippen molar-refractivity contribution in [3.63, 3.8) is 0 Å². The van der Waals surface area contributed by atoms with Crippen molar-refractivity contribution in [1.82, 2.24) is 20.6 Å². The van der Waals surface area contributed by atoms with Crippen LogP contribution >= 0.6 is 0 Å². The molecule has 0 radical (unpaired) electrons. The van der Waals surface area contributed by atoms with Gasteiger partial charge in [0.15, 0.2) is 5.75 Å². The molecule has 2 amide bonds. The van der Waals surface area contributed by atoms with Crippen LogP contribution in [0.5, 0.6) is 11.5 Å². The summed E-state index contributed by atoms with van der Waals surface area (Å²) in [5.74, 6) is -0.231. The van der Waals surface area contributed by atoms with Gasteiger partial charge in [-0.05, 0) is 56.3 Å². The molecule has 1 aromatic heterocycles. The molecule has 0 fully saturated rings. The SMILES string of the molecule is CC(=O)NNC(=O)c1ccc(Oc2c(C)nn(-c3ccc(C#N)c(C(F)(F)F)c3)c2C)cc1. The molecule has 11 heteroatoms. The second-order valence-corrected chi connectivity index (χ2v) is 7.01. The first kappa shape index (κ1) is 23.3. The number of hydrazine groups is 1. The molecule has 33 heavy (non-hydrogen) atoms. The number of aromatic nitrogens is 2. The molecule has 2 N–H and O–H groups in total. The maximum Gasteiger partial charge on any atom is 0.417 e. The van der Waals surface area contributed by atoms with Crippen molar-refractivity contribution in [2.45, 2.75) is 26.9 Å². The molecule has 170 valence electrons. The summed E-state index contributed by atoms with van der Waals surface area (Å²) in [4.78, 5) is 22.8. The smallest absolute Gasteiger partial charge is 0.417 e. The quantitative estimate of drug-likeness (QED) is 0.577. The summed E-state index contributed by atoms with van der Waals surface area (Å²) in [6.07, 6.45) is -4.69. The number of ether oxygens (including phenoxy) is 1. The summed E-state index contributed by atoms with van der Waals surface area (Å²) in [7, 11) is 0. The van der Waals surface area contributed by atoms with Crippen LogP contribution in [0.25, 0.3) is 5.69 Å². The van der Waals surface area contributed by atoms with Crippen LogP contribution in [0.15, 0.2) is 42.5 Å². The van der Waals surface area contributed by atoms with Crippen LogP contribution in [-0.4, -0.2) is 21.6 Å². The molecule has 3 rings (SSSR count). The summed E-state index contributed by atoms with van der Waals surface area (Å²) in [6.45, 7) is 4.53. The lowest BCUT2D eigenvalue weighted by molar-refractivity contribution is -0.137. The Balaban J connectivity index is 1.87. The van der Waals surface area contributed by atoms with Crippen LogP contribution < -0.4 is 15.6 Å². The largest absolute Gasteiger partial charge is 0.453 e. The van der Waals surface area contributed by atoms with E-state index in [1.54, 1.807) is 19.9 Å². The highest BCUT2D eigenvalue weighted by molar-refractivity contribution is 5.95. The van der Waals surface area contributed by atoms with Crippen molar-refractivity contribution in [2.75, 3.05) is 0 Å². The van der Waals surface area contributed by atoms with Gasteiger partial charge in [0.25, 0.3) is 5.91 Å². The van der Waals surface area contributed by atoms with Crippen molar-refractivity contribution < 1.29 is 27.5 Å². The standard InChI is InChI=1S/C22H18F3N5O3/c1-12-20(33-18-8-5-15(6-9-18)21(32)28-27-14(3)31)13(2)30(29-12)17-7-4-16(11-26)19(10-17)22(23,24)25/h4-10H,1-3H3,(H,27,31)(H,28,32). The molecule has 0 aliphatic heterocycles. The second kappa shape index (κ2) is 9.04. The monoisotopic (exact) mass is 457 g/mol. The van der Waals surface area contributed by atoms with Gasteiger partial charge in [-0.2, -0.15) is 23.5 Å². The molecule has 3 aromatic rings. The normalized spacial score (nSPS) is 10.9. The second-order valence-electron chi connectivity index (χ2n) is 7.01. The molecule has 0 bridgehead atoms. The Kier molecular flexibility index (Phi) is 6.39. The zero-order valence-corrected chi connectivity index (χ0v) is 17.7. The molecule has 2 aromatic carbocycles. The Bertz CT molecular complexity index is 1260. The van der Waals surface area contributed by atoms with Gasteiger partial charge < -0.3 is 4.74 Å². The number of nitrogens with zero attached hydrogens (tertiary/aromatic N) is 3. The van der Waals surface area contributed by atoms with Gasteiger partial charge in [0.2, 0.25) is 5.91 Å². The molecule has 0 spiro atoms. The Labute approximate surface area is 186 Å². The summed E-state index contributed by atoms with van der Waals surface area (Å²) in [5.41, 5.74) is 4.16. The summed E-state index contributed by atoms with van der Waals surface area (Å²) in [5, 5.41) is 13.3. The van der Waals surface area contributed by atoms with E-state index in [2.05, 4.69) is 16.0 Å². The lowest BCUT2D eigenvalue weighted by Crippen LogP contribution is -2.40. The molecule has 0 atom stereocenters. The van der Waals surface area contributed by atoms with E-state index >= 15 is 0 Å². The number of alkyl halides is 3. The summed E-state index contributed by atoms with van der Waals surface area (Å²) in [6, 6.07) is 10.9. The minimum Gasteiger partial charge on any atom is -0.453 e. The van der Waals surface area contributed by atoms with Crippen LogP contribution in [0, 0.1) is 25.2 Å². The maximum atomic E-state index is 13.3. The predicted molar refractivity (Wildman–Crippen MR) is 111 cm³/mol. The topological polar surface area (TPSA) is 109 Å². The molecule has 8 nitrogen and oxygen atoms in total. The van der Waals surface area contributed by atoms with E-state index in [-0.39, 0.29) is 11.3 Å². The van der Waals surface area contributed by atoms with Crippen LogP contribution in [0.2, 0.25) is 0 Å². The summed E-state index contributed by atoms with van der Waals surface area (Å²) < 4.78 is 47.1. The van der Waals surface area contributed by atoms with Gasteiger partial charge in [0, 0.05) is 12.5 Å². The van der Waals surface area contributed by atoms with E-state index in [1.807, 2.05) is 0 Å². The van der Waals surface area contributed by atoms with E-state index in [9.17, 15) is 22.8 Å². The third-order valence-electron chi connectivity index (χ3n) is 4.59. The molecule has 0 saturated heterocycles. The lowest BCUT2D eigenvalue weighted by Gasteiger charge is -2.12. The number of hydrogen-bond acceptors (Lipinski definition) is 5. The van der Waals surface area contributed by atoms with Crippen molar-refractivity contribution in [1.29, 1.82) is 5.26 Å². The van der Waals surface area contributed by atoms with Crippen molar-refractivity contribution in [2.24, 2.45) is 0 Å². The number of carbonyl (C=O) groups is 2. The van der Waals surface area contributed by atoms with E-state index in [4.69, 9.17) is 10.00 Å². The van der Waals surface area contributed by atoms with E-state index in [1.165, 1.54) is 41.9 Å². The molecule has 0 aliphatic rings. The minimum absolute atomic E-state index is 0.127. The summed E-state index contributed by atoms with van der Waals surface area (Å²) >= 11 is 0. The third-order valence-corrected chi connectivity index (χ3v) is 4.59. The number of amides is 2. The molecular formula is C22H18F3N5O3. The maximum absolute atomic E-state index is 13.3. The zero-order valence-electron chi connectivity index (χ0n) is 17.7. The van der Waals surface area contributed by atoms with E-state index in [0.29, 0.717) is 22.9 Å². The molecule has 0 unspecified atom stereocenters. The fourth-order valence-electron chi connectivity index (χ4n) is 3.03. The first-order valence-corrected chi connectivity index (χ1v) is 9.54. The number of aryl methyl sites for hydroxylation is 1. The highest BCUT2D eigenvalue weighted by Crippen LogP contribution is 2.35. The number of nitriles is 1. The van der Waals surface area contributed by atoms with Crippen molar-refractivity contribution >= 4 is 11.8 Å². The van der Waals surface area contributed by atoms with Crippen molar-refractivity contribution in [3.05, 3.63) is 70.5 Å². The number of nitrogens with one attached hydrogen (secondary N) is 2. The Morgan fingerprint density at radius 3 is 2.33 bits per heavy atom. The predicted octanol–water partition coefficient (Wildman–Crippen LogP) is 3.95. The average Bonchev–Trinajstić information content (AvgIpc) is 3.05. The fourth-order valence-corrected chi connectivity index (χ4v) is 3.03. The van der Waals surface area contributed by atoms with E-state index < -0.39 is 29.1 Å². The number of carbonyl (C=O) groups excluding carboxylic acids is 2. The minimum atomic E-state index is -4.69. The van der Waals surface area contributed by atoms with Crippen molar-refractivity contribution in [3.8, 4) is 23.3 Å². The molecular weight excluding hydrogens is 439 g/mol. The van der Waals surface area contributed by atoms with Crippen LogP contribution in [0.1, 0.15) is 39.8 Å². The van der Waals surface area contributed by atoms with Gasteiger partial charge in [-0.1, -0.05) is 0 Å². The fraction of sp³-hybridized carbons (Fsp3) is 0.182. The number of rotatable bonds is 4. The highest BCUT2D eigenvalue weighted by atomic mass is 19.4.